The number of benzene rings is 7. The zero-order valence-electron chi connectivity index (χ0n) is 28.6. The molecule has 1 aliphatic heterocycles. The number of amidine groups is 2. The van der Waals surface area contributed by atoms with Gasteiger partial charge in [-0.1, -0.05) is 146 Å². The topological polar surface area (TPSA) is 67.5 Å². The molecule has 9 aromatic rings. The molecule has 7 aromatic carbocycles. The Kier molecular flexibility index (Phi) is 7.43. The van der Waals surface area contributed by atoms with Gasteiger partial charge in [0, 0.05) is 44.7 Å². The summed E-state index contributed by atoms with van der Waals surface area (Å²) in [5, 5.41) is 6.87. The van der Waals surface area contributed by atoms with Crippen LogP contribution < -0.4 is 5.32 Å². The van der Waals surface area contributed by atoms with E-state index in [1.54, 1.807) is 0 Å². The zero-order valence-corrected chi connectivity index (χ0v) is 28.6. The fourth-order valence-corrected chi connectivity index (χ4v) is 7.38. The SMILES string of the molecule is c1ccc(C2=NC(c3ccccc3)NC(c3cccc(-c4cccc(-n5c(-c6ccccc6)nc6c7cccnc7c7ccccc7c65)c4)c3)=N2)cc1. The van der Waals surface area contributed by atoms with Crippen molar-refractivity contribution < 1.29 is 0 Å². The van der Waals surface area contributed by atoms with Gasteiger partial charge in [-0.05, 0) is 47.0 Å². The molecule has 53 heavy (non-hydrogen) atoms. The van der Waals surface area contributed by atoms with Gasteiger partial charge in [-0.2, -0.15) is 0 Å². The summed E-state index contributed by atoms with van der Waals surface area (Å²) in [5.74, 6) is 2.37. The second-order valence-electron chi connectivity index (χ2n) is 13.1. The van der Waals surface area contributed by atoms with Crippen LogP contribution in [0.3, 0.4) is 0 Å². The maximum absolute atomic E-state index is 5.37. The summed E-state index contributed by atoms with van der Waals surface area (Å²) in [6, 6.07) is 60.8. The lowest BCUT2D eigenvalue weighted by atomic mass is 10.0. The van der Waals surface area contributed by atoms with Gasteiger partial charge in [0.1, 0.15) is 17.8 Å². The number of fused-ring (bicyclic) bond motifs is 6. The minimum absolute atomic E-state index is 0.266. The Balaban J connectivity index is 1.12. The molecule has 0 radical (unpaired) electrons. The number of hydrogen-bond donors (Lipinski definition) is 1. The molecule has 0 saturated heterocycles. The zero-order chi connectivity index (χ0) is 35.1. The van der Waals surface area contributed by atoms with E-state index in [9.17, 15) is 0 Å². The summed E-state index contributed by atoms with van der Waals surface area (Å²) in [6.45, 7) is 0. The van der Waals surface area contributed by atoms with Crippen molar-refractivity contribution in [3.05, 3.63) is 199 Å². The van der Waals surface area contributed by atoms with Gasteiger partial charge in [0.2, 0.25) is 0 Å². The number of nitrogens with one attached hydrogen (secondary N) is 1. The van der Waals surface area contributed by atoms with Crippen LogP contribution in [0.1, 0.15) is 22.9 Å². The summed E-state index contributed by atoms with van der Waals surface area (Å²) in [5.41, 5.74) is 10.2. The smallest absolute Gasteiger partial charge is 0.159 e. The Labute approximate surface area is 306 Å². The first kappa shape index (κ1) is 30.6. The van der Waals surface area contributed by atoms with E-state index < -0.39 is 0 Å². The Morgan fingerprint density at radius 1 is 0.491 bits per heavy atom. The van der Waals surface area contributed by atoms with E-state index in [0.29, 0.717) is 5.84 Å². The highest BCUT2D eigenvalue weighted by atomic mass is 15.2. The molecule has 0 spiro atoms. The third kappa shape index (κ3) is 5.45. The van der Waals surface area contributed by atoms with Gasteiger partial charge < -0.3 is 5.32 Å². The number of hydrogen-bond acceptors (Lipinski definition) is 5. The number of pyridine rings is 1. The first-order valence-electron chi connectivity index (χ1n) is 17.8. The maximum Gasteiger partial charge on any atom is 0.159 e. The average molecular weight is 681 g/mol. The summed E-state index contributed by atoms with van der Waals surface area (Å²) < 4.78 is 2.31. The van der Waals surface area contributed by atoms with Gasteiger partial charge in [0.15, 0.2) is 5.84 Å². The molecule has 0 fully saturated rings. The molecule has 0 bridgehead atoms. The number of nitrogens with zero attached hydrogens (tertiary/aromatic N) is 5. The van der Waals surface area contributed by atoms with Gasteiger partial charge in [-0.3, -0.25) is 9.55 Å². The van der Waals surface area contributed by atoms with Gasteiger partial charge >= 0.3 is 0 Å². The Morgan fingerprint density at radius 2 is 1.11 bits per heavy atom. The highest BCUT2D eigenvalue weighted by Gasteiger charge is 2.23. The highest BCUT2D eigenvalue weighted by molar-refractivity contribution is 6.23. The van der Waals surface area contributed by atoms with Gasteiger partial charge in [0.25, 0.3) is 0 Å². The van der Waals surface area contributed by atoms with Crippen LogP contribution in [0.25, 0.3) is 60.9 Å². The molecule has 6 heteroatoms. The molecule has 250 valence electrons. The molecule has 10 rings (SSSR count). The number of aliphatic imine (C=N–C) groups is 2. The second kappa shape index (κ2) is 12.9. The van der Waals surface area contributed by atoms with Crippen molar-refractivity contribution in [2.75, 3.05) is 0 Å². The second-order valence-corrected chi connectivity index (χ2v) is 13.1. The molecule has 0 aliphatic carbocycles. The van der Waals surface area contributed by atoms with Gasteiger partial charge in [0.05, 0.1) is 16.6 Å². The Bertz CT molecular complexity index is 2860. The molecule has 2 aromatic heterocycles. The Hall–Kier alpha value is -7.18. The van der Waals surface area contributed by atoms with Crippen LogP contribution in [0.4, 0.5) is 0 Å². The van der Waals surface area contributed by atoms with Crippen molar-refractivity contribution >= 4 is 44.4 Å². The van der Waals surface area contributed by atoms with E-state index in [0.717, 1.165) is 83.4 Å². The van der Waals surface area contributed by atoms with Crippen LogP contribution in [0.15, 0.2) is 192 Å². The first-order valence-corrected chi connectivity index (χ1v) is 17.8. The van der Waals surface area contributed by atoms with Gasteiger partial charge in [-0.25, -0.2) is 15.0 Å². The first-order chi connectivity index (χ1) is 26.3. The molecular formula is C47H32N6. The fourth-order valence-electron chi connectivity index (χ4n) is 7.38. The third-order valence-electron chi connectivity index (χ3n) is 9.87. The van der Waals surface area contributed by atoms with Crippen molar-refractivity contribution in [2.24, 2.45) is 9.98 Å². The van der Waals surface area contributed by atoms with E-state index in [1.165, 1.54) is 0 Å². The lowest BCUT2D eigenvalue weighted by molar-refractivity contribution is 0.674. The third-order valence-corrected chi connectivity index (χ3v) is 9.87. The molecule has 1 N–H and O–H groups in total. The maximum atomic E-state index is 5.37. The van der Waals surface area contributed by atoms with Crippen LogP contribution >= 0.6 is 0 Å². The van der Waals surface area contributed by atoms with E-state index in [2.05, 4.69) is 137 Å². The van der Waals surface area contributed by atoms with Crippen LogP contribution in [-0.4, -0.2) is 26.2 Å². The minimum Gasteiger partial charge on any atom is -0.344 e. The lowest BCUT2D eigenvalue weighted by Gasteiger charge is -2.24. The van der Waals surface area contributed by atoms with E-state index in [1.807, 2.05) is 54.7 Å². The predicted molar refractivity (Wildman–Crippen MR) is 217 cm³/mol. The molecule has 1 unspecified atom stereocenters. The number of imidazole rings is 1. The minimum atomic E-state index is -0.266. The molecule has 0 saturated carbocycles. The lowest BCUT2D eigenvalue weighted by Crippen LogP contribution is -2.33. The quantitative estimate of drug-likeness (QED) is 0.178. The summed E-state index contributed by atoms with van der Waals surface area (Å²) >= 11 is 0. The summed E-state index contributed by atoms with van der Waals surface area (Å²) in [6.07, 6.45) is 1.59. The summed E-state index contributed by atoms with van der Waals surface area (Å²) in [4.78, 5) is 20.3. The van der Waals surface area contributed by atoms with Crippen molar-refractivity contribution in [1.29, 1.82) is 0 Å². The number of aromatic nitrogens is 3. The molecule has 1 aliphatic rings. The monoisotopic (exact) mass is 680 g/mol. The Morgan fingerprint density at radius 3 is 1.91 bits per heavy atom. The van der Waals surface area contributed by atoms with E-state index >= 15 is 0 Å². The standard InChI is InChI=1S/C47H32N6/c1-4-15-31(16-5-1)44-50-45(32-17-6-2-7-18-32)52-46(51-44)36-23-12-21-34(29-36)35-22-13-24-37(30-35)53-43-39-26-11-10-25-38(39)41-40(27-14-28-48-41)42(43)49-47(53)33-19-8-3-9-20-33/h1-30,44H,(H,50,51,52). The van der Waals surface area contributed by atoms with Crippen LogP contribution in [0.2, 0.25) is 0 Å². The predicted octanol–water partition coefficient (Wildman–Crippen LogP) is 10.6. The fraction of sp³-hybridized carbons (Fsp3) is 0.0213. The van der Waals surface area contributed by atoms with E-state index in [-0.39, 0.29) is 6.17 Å². The largest absolute Gasteiger partial charge is 0.344 e. The number of rotatable bonds is 6. The van der Waals surface area contributed by atoms with Crippen molar-refractivity contribution in [3.8, 4) is 28.2 Å². The molecule has 1 atom stereocenters. The summed E-state index contributed by atoms with van der Waals surface area (Å²) in [7, 11) is 0. The van der Waals surface area contributed by atoms with E-state index in [4.69, 9.17) is 20.0 Å². The van der Waals surface area contributed by atoms with Crippen molar-refractivity contribution in [2.45, 2.75) is 6.17 Å². The molecule has 0 amide bonds. The normalized spacial score (nSPS) is 14.2. The van der Waals surface area contributed by atoms with Crippen molar-refractivity contribution in [3.63, 3.8) is 0 Å². The van der Waals surface area contributed by atoms with Crippen LogP contribution in [0, 0.1) is 0 Å². The molecule has 6 nitrogen and oxygen atoms in total. The highest BCUT2D eigenvalue weighted by Crippen LogP contribution is 2.39. The van der Waals surface area contributed by atoms with Crippen LogP contribution in [0.5, 0.6) is 0 Å². The van der Waals surface area contributed by atoms with Crippen molar-refractivity contribution in [1.82, 2.24) is 19.9 Å². The molecule has 3 heterocycles. The van der Waals surface area contributed by atoms with Crippen LogP contribution in [-0.2, 0) is 0 Å². The molecular weight excluding hydrogens is 649 g/mol. The van der Waals surface area contributed by atoms with Gasteiger partial charge in [-0.15, -0.1) is 0 Å². The average Bonchev–Trinajstić information content (AvgIpc) is 3.66.